The van der Waals surface area contributed by atoms with Gasteiger partial charge in [0.05, 0.1) is 5.39 Å². The number of anilines is 2. The number of benzene rings is 2. The second-order valence-corrected chi connectivity index (χ2v) is 9.14. The highest BCUT2D eigenvalue weighted by Crippen LogP contribution is 2.28. The molecule has 6 heteroatoms. The lowest BCUT2D eigenvalue weighted by Crippen LogP contribution is -2.07. The van der Waals surface area contributed by atoms with Gasteiger partial charge in [-0.3, -0.25) is 4.79 Å². The summed E-state index contributed by atoms with van der Waals surface area (Å²) in [4.78, 5) is 22.8. The molecule has 4 rings (SSSR count). The van der Waals surface area contributed by atoms with Crippen molar-refractivity contribution in [2.45, 2.75) is 40.0 Å². The maximum absolute atomic E-state index is 11.2. The molecule has 0 bridgehead atoms. The van der Waals surface area contributed by atoms with Crippen LogP contribution in [0, 0.1) is 6.92 Å². The first kappa shape index (κ1) is 22.0. The number of carbonyl (C=O) groups excluding carboxylic acids is 1. The van der Waals surface area contributed by atoms with Crippen molar-refractivity contribution < 1.29 is 4.79 Å². The van der Waals surface area contributed by atoms with Crippen LogP contribution in [-0.4, -0.2) is 22.4 Å². The van der Waals surface area contributed by atoms with Crippen LogP contribution in [0.25, 0.3) is 21.3 Å². The van der Waals surface area contributed by atoms with Crippen LogP contribution in [0.4, 0.5) is 11.5 Å². The number of fused-ring (bicyclic) bond motifs is 1. The van der Waals surface area contributed by atoms with Gasteiger partial charge in [-0.25, -0.2) is 9.97 Å². The summed E-state index contributed by atoms with van der Waals surface area (Å²) in [5.41, 5.74) is 4.44. The fourth-order valence-electron chi connectivity index (χ4n) is 3.69. The van der Waals surface area contributed by atoms with Gasteiger partial charge >= 0.3 is 0 Å². The van der Waals surface area contributed by atoms with E-state index in [1.807, 2.05) is 24.3 Å². The summed E-state index contributed by atoms with van der Waals surface area (Å²) < 4.78 is 0. The molecule has 2 aromatic carbocycles. The fourth-order valence-corrected chi connectivity index (χ4v) is 4.59. The van der Waals surface area contributed by atoms with E-state index in [2.05, 4.69) is 59.8 Å². The number of hydrogen-bond acceptors (Lipinski definition) is 5. The van der Waals surface area contributed by atoms with Gasteiger partial charge in [0.1, 0.15) is 16.5 Å². The van der Waals surface area contributed by atoms with E-state index in [9.17, 15) is 4.79 Å². The van der Waals surface area contributed by atoms with Crippen molar-refractivity contribution in [1.82, 2.24) is 9.97 Å². The first-order valence-corrected chi connectivity index (χ1v) is 11.8. The lowest BCUT2D eigenvalue weighted by Gasteiger charge is -2.09. The number of hydrogen-bond donors (Lipinski definition) is 2. The third-order valence-corrected chi connectivity index (χ3v) is 6.25. The van der Waals surface area contributed by atoms with Crippen molar-refractivity contribution in [1.29, 1.82) is 0 Å². The molecule has 0 saturated heterocycles. The standard InChI is InChI=1S/C26H28N4OS/c1-4-24-29-25(23-16-17(2)32-26(23)30-24)27-15-5-6-19-7-9-20(10-8-19)21-11-13-22(14-12-21)28-18(3)31/h7-14,16H,4-6,15H2,1-3H3,(H,28,31)(H,27,29,30). The van der Waals surface area contributed by atoms with E-state index in [0.717, 1.165) is 58.9 Å². The van der Waals surface area contributed by atoms with E-state index in [4.69, 9.17) is 4.98 Å². The summed E-state index contributed by atoms with van der Waals surface area (Å²) in [6, 6.07) is 18.8. The molecule has 1 amide bonds. The Labute approximate surface area is 192 Å². The number of carbonyl (C=O) groups is 1. The zero-order valence-electron chi connectivity index (χ0n) is 18.7. The van der Waals surface area contributed by atoms with Crippen LogP contribution < -0.4 is 10.6 Å². The number of rotatable bonds is 8. The molecular formula is C26H28N4OS. The smallest absolute Gasteiger partial charge is 0.221 e. The predicted octanol–water partition coefficient (Wildman–Crippen LogP) is 6.23. The Bertz CT molecular complexity index is 1210. The van der Waals surface area contributed by atoms with Crippen molar-refractivity contribution in [3.8, 4) is 11.1 Å². The topological polar surface area (TPSA) is 66.9 Å². The number of aryl methyl sites for hydroxylation is 3. The van der Waals surface area contributed by atoms with Crippen LogP contribution in [0.5, 0.6) is 0 Å². The van der Waals surface area contributed by atoms with Gasteiger partial charge in [-0.05, 0) is 54.7 Å². The van der Waals surface area contributed by atoms with Crippen LogP contribution in [0.15, 0.2) is 54.6 Å². The van der Waals surface area contributed by atoms with Crippen molar-refractivity contribution >= 4 is 39.0 Å². The van der Waals surface area contributed by atoms with Crippen molar-refractivity contribution in [3.05, 3.63) is 70.9 Å². The number of thiophene rings is 1. The quantitative estimate of drug-likeness (QED) is 0.316. The van der Waals surface area contributed by atoms with E-state index in [-0.39, 0.29) is 5.91 Å². The monoisotopic (exact) mass is 444 g/mol. The van der Waals surface area contributed by atoms with Crippen molar-refractivity contribution in [2.24, 2.45) is 0 Å². The van der Waals surface area contributed by atoms with Gasteiger partial charge < -0.3 is 10.6 Å². The number of nitrogens with one attached hydrogen (secondary N) is 2. The lowest BCUT2D eigenvalue weighted by molar-refractivity contribution is -0.114. The lowest BCUT2D eigenvalue weighted by atomic mass is 10.0. The summed E-state index contributed by atoms with van der Waals surface area (Å²) in [5.74, 6) is 1.79. The van der Waals surface area contributed by atoms with Crippen molar-refractivity contribution in [3.63, 3.8) is 0 Å². The molecule has 0 unspecified atom stereocenters. The molecular weight excluding hydrogens is 416 g/mol. The Kier molecular flexibility index (Phi) is 6.81. The zero-order valence-corrected chi connectivity index (χ0v) is 19.6. The predicted molar refractivity (Wildman–Crippen MR) is 135 cm³/mol. The van der Waals surface area contributed by atoms with Gasteiger partial charge in [-0.15, -0.1) is 11.3 Å². The number of nitrogens with zero attached hydrogens (tertiary/aromatic N) is 2. The average Bonchev–Trinajstić information content (AvgIpc) is 3.17. The number of aromatic nitrogens is 2. The maximum Gasteiger partial charge on any atom is 0.221 e. The molecule has 0 aliphatic rings. The molecule has 0 fully saturated rings. The minimum Gasteiger partial charge on any atom is -0.369 e. The Morgan fingerprint density at radius 3 is 2.34 bits per heavy atom. The highest BCUT2D eigenvalue weighted by atomic mass is 32.1. The summed E-state index contributed by atoms with van der Waals surface area (Å²) in [6.45, 7) is 6.59. The molecule has 2 aromatic heterocycles. The highest BCUT2D eigenvalue weighted by Gasteiger charge is 2.09. The van der Waals surface area contributed by atoms with Crippen LogP contribution in [0.2, 0.25) is 0 Å². The first-order valence-electron chi connectivity index (χ1n) is 11.0. The SMILES string of the molecule is CCc1nc(NCCCc2ccc(-c3ccc(NC(C)=O)cc3)cc2)c2cc(C)sc2n1. The molecule has 0 radical (unpaired) electrons. The average molecular weight is 445 g/mol. The van der Waals surface area contributed by atoms with Gasteiger partial charge in [0.25, 0.3) is 0 Å². The van der Waals surface area contributed by atoms with Crippen LogP contribution in [-0.2, 0) is 17.6 Å². The maximum atomic E-state index is 11.2. The summed E-state index contributed by atoms with van der Waals surface area (Å²) in [5, 5.41) is 7.45. The zero-order chi connectivity index (χ0) is 22.5. The van der Waals surface area contributed by atoms with Gasteiger partial charge in [0, 0.05) is 30.5 Å². The summed E-state index contributed by atoms with van der Waals surface area (Å²) in [6.07, 6.45) is 2.87. The molecule has 4 aromatic rings. The second kappa shape index (κ2) is 9.92. The largest absolute Gasteiger partial charge is 0.369 e. The van der Waals surface area contributed by atoms with E-state index < -0.39 is 0 Å². The molecule has 2 N–H and O–H groups in total. The van der Waals surface area contributed by atoms with Crippen LogP contribution >= 0.6 is 11.3 Å². The van der Waals surface area contributed by atoms with Crippen LogP contribution in [0.3, 0.4) is 0 Å². The van der Waals surface area contributed by atoms with Gasteiger partial charge in [-0.1, -0.05) is 43.3 Å². The molecule has 0 saturated carbocycles. The first-order chi connectivity index (χ1) is 15.5. The molecule has 2 heterocycles. The van der Waals surface area contributed by atoms with E-state index >= 15 is 0 Å². The molecule has 164 valence electrons. The molecule has 0 aliphatic carbocycles. The van der Waals surface area contributed by atoms with E-state index in [0.29, 0.717) is 0 Å². The molecule has 5 nitrogen and oxygen atoms in total. The van der Waals surface area contributed by atoms with Crippen molar-refractivity contribution in [2.75, 3.05) is 17.2 Å². The van der Waals surface area contributed by atoms with Gasteiger partial charge in [-0.2, -0.15) is 0 Å². The van der Waals surface area contributed by atoms with Crippen LogP contribution in [0.1, 0.15) is 36.5 Å². The van der Waals surface area contributed by atoms with E-state index in [1.165, 1.54) is 22.9 Å². The Hall–Kier alpha value is -3.25. The van der Waals surface area contributed by atoms with Gasteiger partial charge in [0.15, 0.2) is 0 Å². The van der Waals surface area contributed by atoms with Gasteiger partial charge in [0.2, 0.25) is 5.91 Å². The Morgan fingerprint density at radius 2 is 1.69 bits per heavy atom. The second-order valence-electron chi connectivity index (χ2n) is 7.90. The third-order valence-electron chi connectivity index (χ3n) is 5.31. The van der Waals surface area contributed by atoms with E-state index in [1.54, 1.807) is 11.3 Å². The third kappa shape index (κ3) is 5.32. The molecule has 32 heavy (non-hydrogen) atoms. The Balaban J connectivity index is 1.33. The minimum absolute atomic E-state index is 0.0584. The fraction of sp³-hybridized carbons (Fsp3) is 0.269. The molecule has 0 aliphatic heterocycles. The Morgan fingerprint density at radius 1 is 1.00 bits per heavy atom. The summed E-state index contributed by atoms with van der Waals surface area (Å²) in [7, 11) is 0. The summed E-state index contributed by atoms with van der Waals surface area (Å²) >= 11 is 1.73. The normalized spacial score (nSPS) is 11.0. The number of amides is 1. The molecule has 0 atom stereocenters. The highest BCUT2D eigenvalue weighted by molar-refractivity contribution is 7.18. The molecule has 0 spiro atoms. The minimum atomic E-state index is -0.0584.